The highest BCUT2D eigenvalue weighted by molar-refractivity contribution is 6.03. The van der Waals surface area contributed by atoms with E-state index in [9.17, 15) is 14.0 Å². The number of benzene rings is 3. The lowest BCUT2D eigenvalue weighted by Crippen LogP contribution is -2.43. The Kier molecular flexibility index (Phi) is 6.01. The van der Waals surface area contributed by atoms with Gasteiger partial charge in [-0.3, -0.25) is 14.5 Å². The van der Waals surface area contributed by atoms with E-state index in [-0.39, 0.29) is 24.0 Å². The molecule has 0 saturated carbocycles. The Morgan fingerprint density at radius 3 is 2.36 bits per heavy atom. The van der Waals surface area contributed by atoms with Gasteiger partial charge in [-0.25, -0.2) is 4.39 Å². The molecule has 6 heteroatoms. The number of nitrogens with zero attached hydrogens (tertiary/aromatic N) is 1. The van der Waals surface area contributed by atoms with Gasteiger partial charge in [0.15, 0.2) is 0 Å². The van der Waals surface area contributed by atoms with Crippen LogP contribution >= 0.6 is 0 Å². The van der Waals surface area contributed by atoms with Crippen molar-refractivity contribution in [1.82, 2.24) is 4.90 Å². The molecular weight excluding hydrogens is 357 g/mol. The Bertz CT molecular complexity index is 1000. The molecule has 0 aliphatic rings. The molecule has 1 atom stereocenters. The van der Waals surface area contributed by atoms with Gasteiger partial charge in [-0.05, 0) is 37.6 Å². The van der Waals surface area contributed by atoms with Crippen molar-refractivity contribution in [3.63, 3.8) is 0 Å². The van der Waals surface area contributed by atoms with Crippen molar-refractivity contribution in [2.24, 2.45) is 0 Å². The van der Waals surface area contributed by atoms with Crippen molar-refractivity contribution >= 4 is 34.0 Å². The first-order valence-corrected chi connectivity index (χ1v) is 8.99. The zero-order chi connectivity index (χ0) is 20.1. The van der Waals surface area contributed by atoms with Crippen molar-refractivity contribution in [2.45, 2.75) is 13.0 Å². The fourth-order valence-electron chi connectivity index (χ4n) is 2.89. The Morgan fingerprint density at radius 1 is 0.929 bits per heavy atom. The number of nitrogens with one attached hydrogen (secondary N) is 2. The summed E-state index contributed by atoms with van der Waals surface area (Å²) in [6.45, 7) is 1.69. The SMILES string of the molecule is C[C@H](C(=O)Nc1ccccc1F)N(C)CC(=O)Nc1cccc2ccccc12. The minimum atomic E-state index is -0.613. The molecule has 0 saturated heterocycles. The highest BCUT2D eigenvalue weighted by Gasteiger charge is 2.21. The predicted molar refractivity (Wildman–Crippen MR) is 110 cm³/mol. The summed E-state index contributed by atoms with van der Waals surface area (Å²) in [5.41, 5.74) is 0.841. The quantitative estimate of drug-likeness (QED) is 0.683. The van der Waals surface area contributed by atoms with Gasteiger partial charge in [-0.1, -0.05) is 48.5 Å². The lowest BCUT2D eigenvalue weighted by molar-refractivity contribution is -0.122. The summed E-state index contributed by atoms with van der Waals surface area (Å²) in [5.74, 6) is -1.12. The molecule has 0 aromatic heterocycles. The zero-order valence-corrected chi connectivity index (χ0v) is 15.8. The molecule has 3 aromatic carbocycles. The van der Waals surface area contributed by atoms with E-state index < -0.39 is 11.9 Å². The number of hydrogen-bond acceptors (Lipinski definition) is 3. The van der Waals surface area contributed by atoms with E-state index in [0.29, 0.717) is 0 Å². The van der Waals surface area contributed by atoms with Gasteiger partial charge in [0, 0.05) is 11.1 Å². The summed E-state index contributed by atoms with van der Waals surface area (Å²) in [5, 5.41) is 7.43. The lowest BCUT2D eigenvalue weighted by Gasteiger charge is -2.23. The third-order valence-electron chi connectivity index (χ3n) is 4.63. The van der Waals surface area contributed by atoms with E-state index in [0.717, 1.165) is 16.5 Å². The molecule has 144 valence electrons. The highest BCUT2D eigenvalue weighted by Crippen LogP contribution is 2.23. The topological polar surface area (TPSA) is 61.4 Å². The average molecular weight is 379 g/mol. The molecule has 0 radical (unpaired) electrons. The minimum absolute atomic E-state index is 0.0229. The first-order chi connectivity index (χ1) is 13.5. The predicted octanol–water partition coefficient (Wildman–Crippen LogP) is 3.88. The maximum Gasteiger partial charge on any atom is 0.241 e. The molecule has 0 bridgehead atoms. The fourth-order valence-corrected chi connectivity index (χ4v) is 2.89. The van der Waals surface area contributed by atoms with E-state index in [1.165, 1.54) is 12.1 Å². The Balaban J connectivity index is 1.61. The van der Waals surface area contributed by atoms with Crippen LogP contribution in [0.3, 0.4) is 0 Å². The van der Waals surface area contributed by atoms with E-state index in [1.54, 1.807) is 31.0 Å². The van der Waals surface area contributed by atoms with Crippen LogP contribution < -0.4 is 10.6 Å². The molecule has 0 unspecified atom stereocenters. The fraction of sp³-hybridized carbons (Fsp3) is 0.182. The zero-order valence-electron chi connectivity index (χ0n) is 15.8. The molecule has 3 rings (SSSR count). The van der Waals surface area contributed by atoms with E-state index in [4.69, 9.17) is 0 Å². The second-order valence-electron chi connectivity index (χ2n) is 6.64. The molecule has 0 spiro atoms. The largest absolute Gasteiger partial charge is 0.324 e. The minimum Gasteiger partial charge on any atom is -0.324 e. The number of carbonyl (C=O) groups is 2. The summed E-state index contributed by atoms with van der Waals surface area (Å²) in [6, 6.07) is 18.8. The first-order valence-electron chi connectivity index (χ1n) is 8.99. The normalized spacial score (nSPS) is 12.0. The lowest BCUT2D eigenvalue weighted by atomic mass is 10.1. The van der Waals surface area contributed by atoms with Crippen molar-refractivity contribution < 1.29 is 14.0 Å². The molecule has 3 aromatic rings. The van der Waals surface area contributed by atoms with E-state index >= 15 is 0 Å². The molecule has 0 fully saturated rings. The average Bonchev–Trinajstić information content (AvgIpc) is 2.69. The Hall–Kier alpha value is -3.25. The monoisotopic (exact) mass is 379 g/mol. The summed E-state index contributed by atoms with van der Waals surface area (Å²) in [6.07, 6.45) is 0. The highest BCUT2D eigenvalue weighted by atomic mass is 19.1. The number of rotatable bonds is 6. The molecule has 28 heavy (non-hydrogen) atoms. The van der Waals surface area contributed by atoms with Crippen LogP contribution in [0.15, 0.2) is 66.7 Å². The smallest absolute Gasteiger partial charge is 0.241 e. The van der Waals surface area contributed by atoms with Crippen LogP contribution in [-0.2, 0) is 9.59 Å². The van der Waals surface area contributed by atoms with Gasteiger partial charge >= 0.3 is 0 Å². The standard InChI is InChI=1S/C22H22FN3O2/c1-15(22(28)25-20-12-6-5-11-18(20)23)26(2)14-21(27)24-19-13-7-9-16-8-3-4-10-17(16)19/h3-13,15H,14H2,1-2H3,(H,24,27)(H,25,28)/t15-/m1/s1. The maximum absolute atomic E-state index is 13.7. The van der Waals surface area contributed by atoms with Crippen molar-refractivity contribution in [1.29, 1.82) is 0 Å². The third kappa shape index (κ3) is 4.53. The Labute approximate surface area is 163 Å². The van der Waals surface area contributed by atoms with Crippen molar-refractivity contribution in [3.8, 4) is 0 Å². The van der Waals surface area contributed by atoms with Gasteiger partial charge in [0.05, 0.1) is 18.3 Å². The molecule has 5 nitrogen and oxygen atoms in total. The molecule has 0 aliphatic carbocycles. The summed E-state index contributed by atoms with van der Waals surface area (Å²) in [4.78, 5) is 26.4. The van der Waals surface area contributed by atoms with Gasteiger partial charge in [-0.15, -0.1) is 0 Å². The van der Waals surface area contributed by atoms with Crippen LogP contribution in [0, 0.1) is 5.82 Å². The van der Waals surface area contributed by atoms with Crippen LogP contribution in [0.2, 0.25) is 0 Å². The molecule has 0 aliphatic heterocycles. The molecule has 2 amide bonds. The number of anilines is 2. The molecule has 0 heterocycles. The van der Waals surface area contributed by atoms with Crippen LogP contribution in [0.25, 0.3) is 10.8 Å². The number of para-hydroxylation sites is 1. The summed E-state index contributed by atoms with van der Waals surface area (Å²) in [7, 11) is 1.67. The van der Waals surface area contributed by atoms with E-state index in [2.05, 4.69) is 10.6 Å². The van der Waals surface area contributed by atoms with E-state index in [1.807, 2.05) is 42.5 Å². The number of carbonyl (C=O) groups excluding carboxylic acids is 2. The van der Waals surface area contributed by atoms with Crippen LogP contribution in [0.5, 0.6) is 0 Å². The van der Waals surface area contributed by atoms with Gasteiger partial charge < -0.3 is 10.6 Å². The van der Waals surface area contributed by atoms with Gasteiger partial charge in [0.25, 0.3) is 0 Å². The molecule has 2 N–H and O–H groups in total. The second kappa shape index (κ2) is 8.63. The van der Waals surface area contributed by atoms with Crippen LogP contribution in [0.4, 0.5) is 15.8 Å². The number of amides is 2. The summed E-state index contributed by atoms with van der Waals surface area (Å²) < 4.78 is 13.7. The van der Waals surface area contributed by atoms with Crippen molar-refractivity contribution in [3.05, 3.63) is 72.5 Å². The number of likely N-dealkylation sites (N-methyl/N-ethyl adjacent to an activating group) is 1. The first kappa shape index (κ1) is 19.5. The number of hydrogen-bond donors (Lipinski definition) is 2. The molecular formula is C22H22FN3O2. The Morgan fingerprint density at radius 2 is 1.57 bits per heavy atom. The van der Waals surface area contributed by atoms with Gasteiger partial charge in [0.1, 0.15) is 5.82 Å². The number of halogens is 1. The van der Waals surface area contributed by atoms with Gasteiger partial charge in [0.2, 0.25) is 11.8 Å². The van der Waals surface area contributed by atoms with Crippen molar-refractivity contribution in [2.75, 3.05) is 24.2 Å². The second-order valence-corrected chi connectivity index (χ2v) is 6.64. The van der Waals surface area contributed by atoms with Crippen LogP contribution in [-0.4, -0.2) is 36.3 Å². The number of fused-ring (bicyclic) bond motifs is 1. The third-order valence-corrected chi connectivity index (χ3v) is 4.63. The van der Waals surface area contributed by atoms with Crippen LogP contribution in [0.1, 0.15) is 6.92 Å². The maximum atomic E-state index is 13.7. The summed E-state index contributed by atoms with van der Waals surface area (Å²) >= 11 is 0. The van der Waals surface area contributed by atoms with Gasteiger partial charge in [-0.2, -0.15) is 0 Å².